The van der Waals surface area contributed by atoms with Crippen molar-refractivity contribution in [3.63, 3.8) is 0 Å². The highest BCUT2D eigenvalue weighted by molar-refractivity contribution is 5.94. The van der Waals surface area contributed by atoms with Crippen LogP contribution in [0.15, 0.2) is 46.1 Å². The maximum absolute atomic E-state index is 13.7. The first-order chi connectivity index (χ1) is 28.7. The molecule has 5 aliphatic rings. The first kappa shape index (κ1) is 47.7. The molecular weight excluding hydrogens is 796 g/mol. The summed E-state index contributed by atoms with van der Waals surface area (Å²) in [7, 11) is 0. The maximum atomic E-state index is 13.7. The van der Waals surface area contributed by atoms with Crippen molar-refractivity contribution in [3.05, 3.63) is 46.1 Å². The fourth-order valence-corrected chi connectivity index (χ4v) is 10.6. The van der Waals surface area contributed by atoms with Crippen LogP contribution in [0, 0.1) is 65.1 Å². The number of cyclic esters (lactones) is 2. The fraction of sp³-hybridized carbons (Fsp3) is 0.689. The van der Waals surface area contributed by atoms with Gasteiger partial charge in [-0.3, -0.25) is 9.59 Å². The number of aliphatic hydroxyl groups is 4. The highest BCUT2D eigenvalue weighted by atomic mass is 16.6. The predicted octanol–water partition coefficient (Wildman–Crippen LogP) is 3.16. The third kappa shape index (κ3) is 9.97. The van der Waals surface area contributed by atoms with Gasteiger partial charge < -0.3 is 49.6 Å². The number of allylic oxidation sites excluding steroid dienone is 3. The number of rotatable bonds is 15. The Kier molecular flexibility index (Phi) is 15.1. The van der Waals surface area contributed by atoms with Gasteiger partial charge in [-0.25, -0.2) is 19.2 Å². The number of aliphatic hydroxyl groups excluding tert-OH is 2. The minimum atomic E-state index is -2.17. The molecule has 3 aliphatic carbocycles. The lowest BCUT2D eigenvalue weighted by Gasteiger charge is -2.46. The molecule has 61 heavy (non-hydrogen) atoms. The van der Waals surface area contributed by atoms with Crippen molar-refractivity contribution in [3.8, 4) is 0 Å². The highest BCUT2D eigenvalue weighted by Crippen LogP contribution is 2.49. The molecule has 0 radical (unpaired) electrons. The number of aliphatic carboxylic acids is 2. The van der Waals surface area contributed by atoms with E-state index in [0.717, 1.165) is 12.0 Å². The van der Waals surface area contributed by atoms with Crippen LogP contribution >= 0.6 is 0 Å². The van der Waals surface area contributed by atoms with E-state index >= 15 is 0 Å². The van der Waals surface area contributed by atoms with E-state index in [-0.39, 0.29) is 72.2 Å². The Hall–Kier alpha value is -4.38. The van der Waals surface area contributed by atoms with Gasteiger partial charge in [0, 0.05) is 11.5 Å². The number of ether oxygens (including phenoxy) is 4. The van der Waals surface area contributed by atoms with E-state index in [1.54, 1.807) is 0 Å². The summed E-state index contributed by atoms with van der Waals surface area (Å²) in [5.41, 5.74) is -3.51. The maximum Gasteiger partial charge on any atom is 0.336 e. The van der Waals surface area contributed by atoms with Gasteiger partial charge in [0.1, 0.15) is 37.6 Å². The second kappa shape index (κ2) is 19.3. The van der Waals surface area contributed by atoms with Crippen molar-refractivity contribution in [1.82, 2.24) is 0 Å². The fourth-order valence-electron chi connectivity index (χ4n) is 10.6. The van der Waals surface area contributed by atoms with E-state index in [4.69, 9.17) is 18.9 Å². The molecule has 2 heterocycles. The third-order valence-electron chi connectivity index (χ3n) is 14.0. The van der Waals surface area contributed by atoms with E-state index in [1.807, 2.05) is 41.5 Å². The van der Waals surface area contributed by atoms with Gasteiger partial charge in [0.05, 0.1) is 41.8 Å². The van der Waals surface area contributed by atoms with Crippen molar-refractivity contribution in [2.24, 2.45) is 65.1 Å². The van der Waals surface area contributed by atoms with Crippen LogP contribution in [0.1, 0.15) is 80.1 Å². The Balaban J connectivity index is 1.38. The monoisotopic (exact) mass is 858 g/mol. The van der Waals surface area contributed by atoms with Crippen LogP contribution in [0.3, 0.4) is 0 Å². The average molecular weight is 859 g/mol. The normalized spacial score (nSPS) is 33.4. The van der Waals surface area contributed by atoms with Crippen molar-refractivity contribution in [1.29, 1.82) is 0 Å². The molecule has 2 fully saturated rings. The topological polar surface area (TPSA) is 261 Å². The molecule has 0 saturated heterocycles. The summed E-state index contributed by atoms with van der Waals surface area (Å²) in [6.45, 7) is 8.02. The number of carboxylic acid groups (broad SMARTS) is 2. The Morgan fingerprint density at radius 3 is 1.89 bits per heavy atom. The lowest BCUT2D eigenvalue weighted by Crippen LogP contribution is -2.55. The van der Waals surface area contributed by atoms with E-state index < -0.39 is 116 Å². The number of carbonyl (C=O) groups excluding carboxylic acids is 4. The number of hydrogen-bond acceptors (Lipinski definition) is 14. The molecule has 16 heteroatoms. The number of esters is 4. The molecule has 2 aliphatic heterocycles. The van der Waals surface area contributed by atoms with Gasteiger partial charge in [-0.05, 0) is 91.4 Å². The zero-order valence-electron chi connectivity index (χ0n) is 35.8. The molecule has 10 unspecified atom stereocenters. The first-order valence-corrected chi connectivity index (χ1v) is 21.3. The van der Waals surface area contributed by atoms with Crippen LogP contribution in [-0.2, 0) is 47.7 Å². The number of carbonyl (C=O) groups is 6. The zero-order valence-corrected chi connectivity index (χ0v) is 35.8. The van der Waals surface area contributed by atoms with Gasteiger partial charge in [0.15, 0.2) is 0 Å². The highest BCUT2D eigenvalue weighted by Gasteiger charge is 2.56. The van der Waals surface area contributed by atoms with Crippen molar-refractivity contribution in [2.75, 3.05) is 39.6 Å². The van der Waals surface area contributed by atoms with Gasteiger partial charge >= 0.3 is 35.8 Å². The average Bonchev–Trinajstić information content (AvgIpc) is 3.47. The molecule has 16 nitrogen and oxygen atoms in total. The van der Waals surface area contributed by atoms with E-state index in [0.29, 0.717) is 18.4 Å². The third-order valence-corrected chi connectivity index (χ3v) is 14.0. The van der Waals surface area contributed by atoms with E-state index in [9.17, 15) is 59.4 Å². The van der Waals surface area contributed by atoms with Crippen LogP contribution in [-0.4, -0.2) is 117 Å². The molecular formula is C45H62O16. The van der Waals surface area contributed by atoms with Crippen molar-refractivity contribution >= 4 is 35.8 Å². The molecule has 338 valence electrons. The Labute approximate surface area is 355 Å². The molecule has 0 amide bonds. The minimum absolute atomic E-state index is 0.00200. The van der Waals surface area contributed by atoms with Gasteiger partial charge in [0.25, 0.3) is 0 Å². The summed E-state index contributed by atoms with van der Waals surface area (Å²) in [4.78, 5) is 78.3. The summed E-state index contributed by atoms with van der Waals surface area (Å²) in [6.07, 6.45) is 6.09. The molecule has 6 N–H and O–H groups in total. The summed E-state index contributed by atoms with van der Waals surface area (Å²) >= 11 is 0. The molecule has 0 aromatic heterocycles. The molecule has 0 bridgehead atoms. The number of hydrogen-bond donors (Lipinski definition) is 6. The number of fused-ring (bicyclic) bond motifs is 1. The summed E-state index contributed by atoms with van der Waals surface area (Å²) in [5.74, 6) is -12.2. The van der Waals surface area contributed by atoms with Crippen LogP contribution in [0.25, 0.3) is 0 Å². The van der Waals surface area contributed by atoms with E-state index in [2.05, 4.69) is 0 Å². The molecule has 10 atom stereocenters. The molecule has 0 aromatic carbocycles. The Morgan fingerprint density at radius 2 is 1.33 bits per heavy atom. The second-order valence-electron chi connectivity index (χ2n) is 18.6. The lowest BCUT2D eigenvalue weighted by atomic mass is 9.61. The van der Waals surface area contributed by atoms with Crippen LogP contribution < -0.4 is 0 Å². The van der Waals surface area contributed by atoms with Gasteiger partial charge in [-0.1, -0.05) is 59.8 Å². The quantitative estimate of drug-likeness (QED) is 0.0785. The van der Waals surface area contributed by atoms with Gasteiger partial charge in [-0.2, -0.15) is 0 Å². The summed E-state index contributed by atoms with van der Waals surface area (Å²) in [5, 5.41) is 65.1. The zero-order chi connectivity index (χ0) is 45.1. The predicted molar refractivity (Wildman–Crippen MR) is 215 cm³/mol. The molecule has 0 aromatic rings. The largest absolute Gasteiger partial charge is 0.481 e. The number of carboxylic acids is 2. The van der Waals surface area contributed by atoms with Gasteiger partial charge in [-0.15, -0.1) is 0 Å². The van der Waals surface area contributed by atoms with Crippen LogP contribution in [0.5, 0.6) is 0 Å². The summed E-state index contributed by atoms with van der Waals surface area (Å²) < 4.78 is 21.7. The smallest absolute Gasteiger partial charge is 0.336 e. The SMILES string of the molecule is CC(C)C1CCC2=C(C(=O)OC2)C1C=C(CO)C(=O)OCC1(O)CCC(C(C)C)C(C=C(CO)C(=O)OCC2(O)CCC(C(C)C)C3C=C(C(=O)O)COC(=O)C32)C1C(=O)O. The van der Waals surface area contributed by atoms with E-state index in [1.165, 1.54) is 18.2 Å². The van der Waals surface area contributed by atoms with Crippen LogP contribution in [0.4, 0.5) is 0 Å². The molecule has 0 spiro atoms. The Bertz CT molecular complexity index is 1850. The second-order valence-corrected chi connectivity index (χ2v) is 18.6. The Morgan fingerprint density at radius 1 is 0.770 bits per heavy atom. The van der Waals surface area contributed by atoms with Crippen molar-refractivity contribution < 1.29 is 78.4 Å². The lowest BCUT2D eigenvalue weighted by molar-refractivity contribution is -0.181. The standard InChI is InChI=1S/C45H62O16/c1-22(2)29-8-7-25-18-58-42(54)35(25)32(29)13-26(16-46)40(52)60-20-44(56)11-9-30(23(3)4)33(36(44)39(50)51)14-27(17-47)41(53)61-21-45(57)12-10-31(24(5)6)34-15-28(38(48)49)19-59-43(55)37(34)45/h13-15,22-24,29-34,36-37,46-47,56-57H,7-12,16-21H2,1-6H3,(H,48,49)(H,50,51). The van der Waals surface area contributed by atoms with Gasteiger partial charge in [0.2, 0.25) is 0 Å². The summed E-state index contributed by atoms with van der Waals surface area (Å²) in [6, 6.07) is 0. The van der Waals surface area contributed by atoms with Crippen molar-refractivity contribution in [2.45, 2.75) is 91.3 Å². The first-order valence-electron chi connectivity index (χ1n) is 21.3. The molecule has 2 saturated carbocycles. The van der Waals surface area contributed by atoms with Crippen LogP contribution in [0.2, 0.25) is 0 Å². The minimum Gasteiger partial charge on any atom is -0.481 e. The molecule has 5 rings (SSSR count).